The van der Waals surface area contributed by atoms with E-state index in [4.69, 9.17) is 4.74 Å². The van der Waals surface area contributed by atoms with Gasteiger partial charge in [0, 0.05) is 26.2 Å². The second-order valence-corrected chi connectivity index (χ2v) is 6.83. The SMILES string of the molecule is C[C@H](NC(=O)[C@@H](C)N1CCc2ccccc2C1)C(=O)N1CCOCC1. The summed E-state index contributed by atoms with van der Waals surface area (Å²) in [5.74, 6) is -0.124. The number of ether oxygens (including phenoxy) is 1. The van der Waals surface area contributed by atoms with Gasteiger partial charge >= 0.3 is 0 Å². The highest BCUT2D eigenvalue weighted by atomic mass is 16.5. The Morgan fingerprint density at radius 2 is 1.76 bits per heavy atom. The highest BCUT2D eigenvalue weighted by molar-refractivity contribution is 5.89. The van der Waals surface area contributed by atoms with E-state index < -0.39 is 6.04 Å². The number of nitrogens with one attached hydrogen (secondary N) is 1. The van der Waals surface area contributed by atoms with E-state index in [0.717, 1.165) is 19.5 Å². The summed E-state index contributed by atoms with van der Waals surface area (Å²) < 4.78 is 5.27. The van der Waals surface area contributed by atoms with E-state index in [1.54, 1.807) is 11.8 Å². The lowest BCUT2D eigenvalue weighted by Gasteiger charge is -2.34. The van der Waals surface area contributed by atoms with Crippen molar-refractivity contribution >= 4 is 11.8 Å². The number of morpholine rings is 1. The van der Waals surface area contributed by atoms with Gasteiger partial charge in [-0.3, -0.25) is 14.5 Å². The van der Waals surface area contributed by atoms with Gasteiger partial charge in [0.1, 0.15) is 6.04 Å². The average molecular weight is 345 g/mol. The molecular formula is C19H27N3O3. The van der Waals surface area contributed by atoms with Gasteiger partial charge in [-0.15, -0.1) is 0 Å². The lowest BCUT2D eigenvalue weighted by Crippen LogP contribution is -2.54. The fraction of sp³-hybridized carbons (Fsp3) is 0.579. The molecule has 2 heterocycles. The molecule has 2 atom stereocenters. The maximum Gasteiger partial charge on any atom is 0.245 e. The van der Waals surface area contributed by atoms with Crippen LogP contribution in [0.1, 0.15) is 25.0 Å². The predicted octanol–water partition coefficient (Wildman–Crippen LogP) is 0.797. The van der Waals surface area contributed by atoms with E-state index in [1.165, 1.54) is 11.1 Å². The van der Waals surface area contributed by atoms with Crippen LogP contribution in [0.25, 0.3) is 0 Å². The highest BCUT2D eigenvalue weighted by Gasteiger charge is 2.29. The minimum Gasteiger partial charge on any atom is -0.378 e. The van der Waals surface area contributed by atoms with Crippen molar-refractivity contribution in [2.24, 2.45) is 0 Å². The van der Waals surface area contributed by atoms with Crippen LogP contribution in [0.3, 0.4) is 0 Å². The standard InChI is InChI=1S/C19H27N3O3/c1-14(19(24)21-9-11-25-12-10-21)20-18(23)15(2)22-8-7-16-5-3-4-6-17(16)13-22/h3-6,14-15H,7-13H2,1-2H3,(H,20,23)/t14-,15+/m0/s1. The Morgan fingerprint density at radius 3 is 2.48 bits per heavy atom. The molecule has 1 aromatic carbocycles. The maximum absolute atomic E-state index is 12.6. The summed E-state index contributed by atoms with van der Waals surface area (Å²) in [4.78, 5) is 29.0. The van der Waals surface area contributed by atoms with Gasteiger partial charge in [-0.1, -0.05) is 24.3 Å². The van der Waals surface area contributed by atoms with E-state index >= 15 is 0 Å². The van der Waals surface area contributed by atoms with Crippen LogP contribution in [0.5, 0.6) is 0 Å². The van der Waals surface area contributed by atoms with Crippen molar-refractivity contribution in [1.82, 2.24) is 15.1 Å². The normalized spacial score (nSPS) is 20.5. The van der Waals surface area contributed by atoms with E-state index in [-0.39, 0.29) is 17.9 Å². The third kappa shape index (κ3) is 4.19. The molecule has 1 saturated heterocycles. The van der Waals surface area contributed by atoms with Gasteiger partial charge in [-0.05, 0) is 31.4 Å². The first kappa shape index (κ1) is 17.9. The zero-order valence-electron chi connectivity index (χ0n) is 15.0. The van der Waals surface area contributed by atoms with Gasteiger partial charge in [-0.25, -0.2) is 0 Å². The molecule has 3 rings (SSSR count). The largest absolute Gasteiger partial charge is 0.378 e. The lowest BCUT2D eigenvalue weighted by atomic mass is 9.98. The minimum atomic E-state index is -0.509. The van der Waals surface area contributed by atoms with Gasteiger partial charge in [0.15, 0.2) is 0 Å². The summed E-state index contributed by atoms with van der Waals surface area (Å²) in [5.41, 5.74) is 2.65. The number of nitrogens with zero attached hydrogens (tertiary/aromatic N) is 2. The second kappa shape index (κ2) is 7.97. The van der Waals surface area contributed by atoms with Crippen molar-refractivity contribution in [3.63, 3.8) is 0 Å². The fourth-order valence-electron chi connectivity index (χ4n) is 3.47. The Labute approximate surface area is 149 Å². The molecule has 1 aromatic rings. The van der Waals surface area contributed by atoms with Crippen molar-refractivity contribution in [3.8, 4) is 0 Å². The van der Waals surface area contributed by atoms with Crippen LogP contribution in [0.15, 0.2) is 24.3 Å². The smallest absolute Gasteiger partial charge is 0.245 e. The Kier molecular flexibility index (Phi) is 5.71. The average Bonchev–Trinajstić information content (AvgIpc) is 2.67. The topological polar surface area (TPSA) is 61.9 Å². The summed E-state index contributed by atoms with van der Waals surface area (Å²) in [6.45, 7) is 7.62. The molecule has 0 spiro atoms. The molecule has 0 saturated carbocycles. The van der Waals surface area contributed by atoms with Gasteiger partial charge in [0.2, 0.25) is 11.8 Å². The number of fused-ring (bicyclic) bond motifs is 1. The summed E-state index contributed by atoms with van der Waals surface area (Å²) in [5, 5.41) is 2.89. The summed E-state index contributed by atoms with van der Waals surface area (Å²) in [6.07, 6.45) is 0.954. The summed E-state index contributed by atoms with van der Waals surface area (Å²) in [6, 6.07) is 7.61. The molecule has 1 N–H and O–H groups in total. The molecule has 6 heteroatoms. The van der Waals surface area contributed by atoms with Gasteiger partial charge < -0.3 is 15.0 Å². The third-order valence-corrected chi connectivity index (χ3v) is 5.14. The van der Waals surface area contributed by atoms with Crippen LogP contribution >= 0.6 is 0 Å². The van der Waals surface area contributed by atoms with Crippen LogP contribution in [0.2, 0.25) is 0 Å². The first-order valence-electron chi connectivity index (χ1n) is 9.04. The van der Waals surface area contributed by atoms with Crippen molar-refractivity contribution in [2.75, 3.05) is 32.8 Å². The summed E-state index contributed by atoms with van der Waals surface area (Å²) >= 11 is 0. The number of rotatable bonds is 4. The minimum absolute atomic E-state index is 0.0344. The van der Waals surface area contributed by atoms with Crippen LogP contribution in [0, 0.1) is 0 Å². The number of carbonyl (C=O) groups is 2. The first-order valence-corrected chi connectivity index (χ1v) is 9.04. The molecule has 2 amide bonds. The zero-order chi connectivity index (χ0) is 17.8. The third-order valence-electron chi connectivity index (χ3n) is 5.14. The number of benzene rings is 1. The Bertz CT molecular complexity index is 628. The molecular weight excluding hydrogens is 318 g/mol. The van der Waals surface area contributed by atoms with E-state index in [1.807, 2.05) is 13.0 Å². The molecule has 136 valence electrons. The molecule has 25 heavy (non-hydrogen) atoms. The van der Waals surface area contributed by atoms with Crippen molar-refractivity contribution in [1.29, 1.82) is 0 Å². The predicted molar refractivity (Wildman–Crippen MR) is 95.0 cm³/mol. The number of amides is 2. The van der Waals surface area contributed by atoms with Crippen LogP contribution in [-0.4, -0.2) is 66.5 Å². The number of hydrogen-bond acceptors (Lipinski definition) is 4. The fourth-order valence-corrected chi connectivity index (χ4v) is 3.47. The molecule has 2 aliphatic rings. The van der Waals surface area contributed by atoms with Gasteiger partial charge in [-0.2, -0.15) is 0 Å². The molecule has 0 radical (unpaired) electrons. The molecule has 1 fully saturated rings. The summed E-state index contributed by atoms with van der Waals surface area (Å²) in [7, 11) is 0. The van der Waals surface area contributed by atoms with E-state index in [2.05, 4.69) is 28.4 Å². The Hall–Kier alpha value is -1.92. The Balaban J connectivity index is 1.54. The monoisotopic (exact) mass is 345 g/mol. The van der Waals surface area contributed by atoms with Crippen molar-refractivity contribution < 1.29 is 14.3 Å². The molecule has 2 aliphatic heterocycles. The molecule has 0 aliphatic carbocycles. The van der Waals surface area contributed by atoms with Crippen LogP contribution in [-0.2, 0) is 27.3 Å². The van der Waals surface area contributed by atoms with Crippen LogP contribution in [0.4, 0.5) is 0 Å². The maximum atomic E-state index is 12.6. The molecule has 0 bridgehead atoms. The van der Waals surface area contributed by atoms with Crippen molar-refractivity contribution in [2.45, 2.75) is 38.9 Å². The Morgan fingerprint density at radius 1 is 1.08 bits per heavy atom. The highest BCUT2D eigenvalue weighted by Crippen LogP contribution is 2.20. The lowest BCUT2D eigenvalue weighted by molar-refractivity contribution is -0.140. The molecule has 0 aromatic heterocycles. The van der Waals surface area contributed by atoms with E-state index in [9.17, 15) is 9.59 Å². The quantitative estimate of drug-likeness (QED) is 0.877. The first-order chi connectivity index (χ1) is 12.1. The second-order valence-electron chi connectivity index (χ2n) is 6.83. The molecule has 0 unspecified atom stereocenters. The zero-order valence-corrected chi connectivity index (χ0v) is 15.0. The number of hydrogen-bond donors (Lipinski definition) is 1. The van der Waals surface area contributed by atoms with Gasteiger partial charge in [0.25, 0.3) is 0 Å². The number of carbonyl (C=O) groups excluding carboxylic acids is 2. The molecule has 6 nitrogen and oxygen atoms in total. The van der Waals surface area contributed by atoms with Crippen molar-refractivity contribution in [3.05, 3.63) is 35.4 Å². The van der Waals surface area contributed by atoms with Gasteiger partial charge in [0.05, 0.1) is 19.3 Å². The van der Waals surface area contributed by atoms with Crippen LogP contribution < -0.4 is 5.32 Å². The van der Waals surface area contributed by atoms with E-state index in [0.29, 0.717) is 26.3 Å².